The molecule has 1 fully saturated rings. The Hall–Kier alpha value is -2.22. The van der Waals surface area contributed by atoms with Crippen LogP contribution < -0.4 is 10.1 Å². The Morgan fingerprint density at radius 2 is 1.67 bits per heavy atom. The second-order valence-corrected chi connectivity index (χ2v) is 8.43. The monoisotopic (exact) mass is 478 g/mol. The smallest absolute Gasteiger partial charge is 0.266 e. The van der Waals surface area contributed by atoms with Crippen molar-refractivity contribution in [2.45, 2.75) is 63.8 Å². The van der Waals surface area contributed by atoms with E-state index in [1.165, 1.54) is 25.7 Å². The number of benzene rings is 1. The van der Waals surface area contributed by atoms with Crippen molar-refractivity contribution >= 4 is 39.6 Å². The van der Waals surface area contributed by atoms with Crippen LogP contribution in [0.1, 0.15) is 78.5 Å². The highest BCUT2D eigenvalue weighted by Gasteiger charge is 2.45. The molecule has 0 bridgehead atoms. The molecule has 0 spiro atoms. The Morgan fingerprint density at radius 1 is 0.967 bits per heavy atom. The van der Waals surface area contributed by atoms with Crippen LogP contribution in [0, 0.1) is 0 Å². The number of ether oxygens (including phenoxy) is 1. The Labute approximate surface area is 184 Å². The number of carbonyl (C=O) groups is 4. The second-order valence-electron chi connectivity index (χ2n) is 7.64. The van der Waals surface area contributed by atoms with Crippen LogP contribution in [-0.4, -0.2) is 46.5 Å². The summed E-state index contributed by atoms with van der Waals surface area (Å²) >= 11 is 3.44. The Bertz CT molecular complexity index is 826. The van der Waals surface area contributed by atoms with Crippen LogP contribution in [0.15, 0.2) is 18.2 Å². The van der Waals surface area contributed by atoms with E-state index in [1.54, 1.807) is 18.2 Å². The number of fused-ring (bicyclic) bond motifs is 1. The largest absolute Gasteiger partial charge is 0.493 e. The number of rotatable bonds is 11. The van der Waals surface area contributed by atoms with E-state index in [0.29, 0.717) is 12.4 Å². The van der Waals surface area contributed by atoms with Gasteiger partial charge in [-0.1, -0.05) is 54.1 Å². The van der Waals surface area contributed by atoms with Gasteiger partial charge in [0.25, 0.3) is 11.8 Å². The molecule has 3 rings (SSSR count). The number of imide groups is 2. The maximum atomic E-state index is 13.0. The molecule has 2 aliphatic rings. The average molecular weight is 479 g/mol. The molecule has 0 aliphatic carbocycles. The predicted molar refractivity (Wildman–Crippen MR) is 115 cm³/mol. The minimum absolute atomic E-state index is 0.100. The van der Waals surface area contributed by atoms with Crippen molar-refractivity contribution in [2.75, 3.05) is 11.9 Å². The molecular weight excluding hydrogens is 452 g/mol. The van der Waals surface area contributed by atoms with Crippen molar-refractivity contribution in [3.05, 3.63) is 29.3 Å². The first kappa shape index (κ1) is 22.5. The van der Waals surface area contributed by atoms with Crippen molar-refractivity contribution in [1.29, 1.82) is 0 Å². The fourth-order valence-corrected chi connectivity index (χ4v) is 4.26. The molecule has 0 radical (unpaired) electrons. The van der Waals surface area contributed by atoms with Crippen LogP contribution in [0.3, 0.4) is 0 Å². The Kier molecular flexibility index (Phi) is 8.01. The van der Waals surface area contributed by atoms with Gasteiger partial charge >= 0.3 is 0 Å². The van der Waals surface area contributed by atoms with Gasteiger partial charge in [0.05, 0.1) is 17.7 Å². The molecule has 30 heavy (non-hydrogen) atoms. The number of hydrogen-bond donors (Lipinski definition) is 1. The number of amides is 4. The first-order valence-corrected chi connectivity index (χ1v) is 11.7. The fraction of sp³-hybridized carbons (Fsp3) is 0.545. The molecule has 1 aromatic rings. The third kappa shape index (κ3) is 5.09. The molecule has 8 heteroatoms. The minimum Gasteiger partial charge on any atom is -0.493 e. The van der Waals surface area contributed by atoms with Crippen LogP contribution in [-0.2, 0) is 9.59 Å². The molecule has 0 saturated carbocycles. The van der Waals surface area contributed by atoms with Gasteiger partial charge in [-0.3, -0.25) is 29.4 Å². The van der Waals surface area contributed by atoms with E-state index < -0.39 is 23.8 Å². The summed E-state index contributed by atoms with van der Waals surface area (Å²) in [7, 11) is 0. The minimum atomic E-state index is -0.965. The quantitative estimate of drug-likeness (QED) is 0.298. The third-order valence-corrected chi connectivity index (χ3v) is 6.03. The number of nitrogens with one attached hydrogen (secondary N) is 1. The number of unbranched alkanes of at least 4 members (excludes halogenated alkanes) is 6. The molecule has 7 nitrogen and oxygen atoms in total. The molecule has 1 saturated heterocycles. The third-order valence-electron chi connectivity index (χ3n) is 5.47. The number of carbonyl (C=O) groups excluding carboxylic acids is 4. The lowest BCUT2D eigenvalue weighted by atomic mass is 10.0. The van der Waals surface area contributed by atoms with Crippen LogP contribution >= 0.6 is 15.9 Å². The summed E-state index contributed by atoms with van der Waals surface area (Å²) in [5.41, 5.74) is 0.455. The summed E-state index contributed by atoms with van der Waals surface area (Å²) in [6, 6.07) is 3.96. The van der Waals surface area contributed by atoms with E-state index in [9.17, 15) is 19.2 Å². The van der Waals surface area contributed by atoms with Gasteiger partial charge in [-0.2, -0.15) is 0 Å². The second kappa shape index (κ2) is 10.7. The molecule has 2 heterocycles. The van der Waals surface area contributed by atoms with Crippen molar-refractivity contribution in [1.82, 2.24) is 10.2 Å². The molecule has 162 valence electrons. The molecule has 1 aromatic carbocycles. The fourth-order valence-electron chi connectivity index (χ4n) is 3.87. The van der Waals surface area contributed by atoms with E-state index in [2.05, 4.69) is 21.2 Å². The summed E-state index contributed by atoms with van der Waals surface area (Å²) < 4.78 is 5.83. The molecule has 4 amide bonds. The average Bonchev–Trinajstić information content (AvgIpc) is 2.98. The lowest BCUT2D eigenvalue weighted by Gasteiger charge is -2.27. The lowest BCUT2D eigenvalue weighted by Crippen LogP contribution is -2.54. The number of piperidine rings is 1. The Balaban J connectivity index is 1.56. The molecule has 2 aliphatic heterocycles. The topological polar surface area (TPSA) is 92.8 Å². The van der Waals surface area contributed by atoms with Crippen LogP contribution in [0.5, 0.6) is 5.75 Å². The van der Waals surface area contributed by atoms with Crippen molar-refractivity contribution in [3.63, 3.8) is 0 Å². The zero-order valence-corrected chi connectivity index (χ0v) is 18.5. The van der Waals surface area contributed by atoms with Crippen molar-refractivity contribution in [2.24, 2.45) is 0 Å². The SMILES string of the molecule is O=C1CCC(N2C(=O)c3cccc(OCCCCCCCCCBr)c3C2=O)C(=O)N1. The number of halogens is 1. The van der Waals surface area contributed by atoms with Gasteiger partial charge in [0.2, 0.25) is 11.8 Å². The van der Waals surface area contributed by atoms with Crippen LogP contribution in [0.2, 0.25) is 0 Å². The van der Waals surface area contributed by atoms with Crippen molar-refractivity contribution in [3.8, 4) is 5.75 Å². The first-order chi connectivity index (χ1) is 14.5. The standard InChI is InChI=1S/C22H27BrN2O5/c23-13-6-4-2-1-3-5-7-14-30-17-10-8-9-15-19(17)22(29)25(21(15)28)16-11-12-18(26)24-20(16)27/h8-10,16H,1-7,11-14H2,(H,24,26,27). The summed E-state index contributed by atoms with van der Waals surface area (Å²) in [6.45, 7) is 0.470. The van der Waals surface area contributed by atoms with Gasteiger partial charge in [-0.15, -0.1) is 0 Å². The van der Waals surface area contributed by atoms with Gasteiger partial charge in [-0.05, 0) is 31.4 Å². The predicted octanol–water partition coefficient (Wildman–Crippen LogP) is 3.59. The first-order valence-electron chi connectivity index (χ1n) is 10.6. The van der Waals surface area contributed by atoms with Gasteiger partial charge in [-0.25, -0.2) is 0 Å². The highest BCUT2D eigenvalue weighted by molar-refractivity contribution is 9.09. The Morgan fingerprint density at radius 3 is 2.37 bits per heavy atom. The van der Waals surface area contributed by atoms with Crippen molar-refractivity contribution < 1.29 is 23.9 Å². The number of hydrogen-bond acceptors (Lipinski definition) is 5. The lowest BCUT2D eigenvalue weighted by molar-refractivity contribution is -0.136. The maximum Gasteiger partial charge on any atom is 0.266 e. The summed E-state index contributed by atoms with van der Waals surface area (Å²) in [6.07, 6.45) is 8.24. The van der Waals surface area contributed by atoms with E-state index in [0.717, 1.165) is 29.5 Å². The van der Waals surface area contributed by atoms with Gasteiger partial charge in [0.1, 0.15) is 11.8 Å². The molecule has 0 aromatic heterocycles. The molecular formula is C22H27BrN2O5. The van der Waals surface area contributed by atoms with E-state index in [1.807, 2.05) is 0 Å². The highest BCUT2D eigenvalue weighted by atomic mass is 79.9. The van der Waals surface area contributed by atoms with Crippen LogP contribution in [0.4, 0.5) is 0 Å². The van der Waals surface area contributed by atoms with E-state index in [4.69, 9.17) is 4.74 Å². The van der Waals surface area contributed by atoms with Gasteiger partial charge < -0.3 is 4.74 Å². The highest BCUT2D eigenvalue weighted by Crippen LogP contribution is 2.33. The maximum absolute atomic E-state index is 13.0. The summed E-state index contributed by atoms with van der Waals surface area (Å²) in [5, 5.41) is 3.26. The summed E-state index contributed by atoms with van der Waals surface area (Å²) in [5.74, 6) is -1.68. The number of alkyl halides is 1. The van der Waals surface area contributed by atoms with E-state index >= 15 is 0 Å². The van der Waals surface area contributed by atoms with E-state index in [-0.39, 0.29) is 29.9 Å². The van der Waals surface area contributed by atoms with Gasteiger partial charge in [0.15, 0.2) is 0 Å². The summed E-state index contributed by atoms with van der Waals surface area (Å²) in [4.78, 5) is 50.3. The molecule has 1 atom stereocenters. The van der Waals surface area contributed by atoms with Gasteiger partial charge in [0, 0.05) is 11.8 Å². The normalized spacial score (nSPS) is 18.6. The zero-order valence-electron chi connectivity index (χ0n) is 17.0. The zero-order chi connectivity index (χ0) is 21.5. The van der Waals surface area contributed by atoms with Crippen LogP contribution in [0.25, 0.3) is 0 Å². The molecule has 1 N–H and O–H groups in total. The molecule has 1 unspecified atom stereocenters. The number of nitrogens with zero attached hydrogens (tertiary/aromatic N) is 1.